The van der Waals surface area contributed by atoms with Gasteiger partial charge in [-0.3, -0.25) is 15.0 Å². The Labute approximate surface area is 195 Å². The number of methoxy groups -OCH3 is 2. The van der Waals surface area contributed by atoms with Crippen molar-refractivity contribution < 1.29 is 19.1 Å². The Kier molecular flexibility index (Phi) is 7.50. The minimum Gasteiger partial charge on any atom is -0.493 e. The van der Waals surface area contributed by atoms with Crippen LogP contribution in [0, 0.1) is 11.8 Å². The minimum absolute atomic E-state index is 0.0980. The molecule has 1 saturated heterocycles. The van der Waals surface area contributed by atoms with Crippen LogP contribution in [0.25, 0.3) is 0 Å². The maximum atomic E-state index is 12.8. The molecule has 1 saturated carbocycles. The number of hydrogen-bond donors (Lipinski definition) is 3. The Morgan fingerprint density at radius 3 is 2.73 bits per heavy atom. The summed E-state index contributed by atoms with van der Waals surface area (Å²) in [6, 6.07) is 13.7. The molecule has 2 fully saturated rings. The van der Waals surface area contributed by atoms with E-state index in [1.807, 2.05) is 42.5 Å². The molecule has 176 valence electrons. The summed E-state index contributed by atoms with van der Waals surface area (Å²) in [6.07, 6.45) is 5.76. The smallest absolute Gasteiger partial charge is 0.251 e. The van der Waals surface area contributed by atoms with E-state index in [-0.39, 0.29) is 23.8 Å². The van der Waals surface area contributed by atoms with Gasteiger partial charge in [-0.15, -0.1) is 0 Å². The summed E-state index contributed by atoms with van der Waals surface area (Å²) in [4.78, 5) is 25.0. The molecule has 4 rings (SSSR count). The zero-order valence-electron chi connectivity index (χ0n) is 19.4. The zero-order chi connectivity index (χ0) is 23.2. The Bertz CT molecular complexity index is 993. The standard InChI is InChI=1S/C26H33N3O4/c1-32-23-12-6-8-18(24(23)33-2)13-14-27-25(30)19-9-5-7-17(15-19)16-22-20-10-3-4-11-21(20)26(31)29-28-22/h5-9,12,15,20-22,28H,3-4,10-11,13-14,16H2,1-2H3,(H,27,30)(H,29,31). The van der Waals surface area contributed by atoms with Crippen LogP contribution in [-0.2, 0) is 17.6 Å². The fourth-order valence-electron chi connectivity index (χ4n) is 5.19. The van der Waals surface area contributed by atoms with Gasteiger partial charge in [0, 0.05) is 24.1 Å². The Balaban J connectivity index is 1.36. The van der Waals surface area contributed by atoms with Gasteiger partial charge in [0.25, 0.3) is 5.91 Å². The molecule has 2 aliphatic rings. The Hall–Kier alpha value is -3.06. The van der Waals surface area contributed by atoms with Crippen LogP contribution >= 0.6 is 0 Å². The van der Waals surface area contributed by atoms with Crippen molar-refractivity contribution >= 4 is 11.8 Å². The van der Waals surface area contributed by atoms with E-state index in [1.165, 1.54) is 6.42 Å². The third-order valence-electron chi connectivity index (χ3n) is 6.86. The number of benzene rings is 2. The first-order valence-electron chi connectivity index (χ1n) is 11.7. The van der Waals surface area contributed by atoms with Gasteiger partial charge >= 0.3 is 0 Å². The van der Waals surface area contributed by atoms with E-state index in [1.54, 1.807) is 14.2 Å². The molecule has 7 heteroatoms. The summed E-state index contributed by atoms with van der Waals surface area (Å²) in [6.45, 7) is 0.493. The average molecular weight is 452 g/mol. The number of hydrogen-bond acceptors (Lipinski definition) is 5. The summed E-state index contributed by atoms with van der Waals surface area (Å²) in [5.74, 6) is 1.86. The number of nitrogens with one attached hydrogen (secondary N) is 3. The number of ether oxygens (including phenoxy) is 2. The van der Waals surface area contributed by atoms with Crippen molar-refractivity contribution in [3.05, 3.63) is 59.2 Å². The second-order valence-corrected chi connectivity index (χ2v) is 8.86. The third-order valence-corrected chi connectivity index (χ3v) is 6.86. The number of hydrazine groups is 1. The van der Waals surface area contributed by atoms with Gasteiger partial charge in [-0.1, -0.05) is 37.1 Å². The van der Waals surface area contributed by atoms with Gasteiger partial charge in [-0.05, 0) is 60.9 Å². The van der Waals surface area contributed by atoms with Crippen LogP contribution < -0.4 is 25.6 Å². The Morgan fingerprint density at radius 1 is 1.09 bits per heavy atom. The topological polar surface area (TPSA) is 88.7 Å². The van der Waals surface area contributed by atoms with E-state index in [4.69, 9.17) is 9.47 Å². The van der Waals surface area contributed by atoms with E-state index in [0.717, 1.165) is 36.8 Å². The number of carbonyl (C=O) groups excluding carboxylic acids is 2. The van der Waals surface area contributed by atoms with E-state index >= 15 is 0 Å². The number of fused-ring (bicyclic) bond motifs is 1. The van der Waals surface area contributed by atoms with Crippen molar-refractivity contribution in [2.24, 2.45) is 11.8 Å². The van der Waals surface area contributed by atoms with E-state index < -0.39 is 0 Å². The molecule has 0 spiro atoms. The molecule has 0 bridgehead atoms. The molecule has 33 heavy (non-hydrogen) atoms. The number of carbonyl (C=O) groups is 2. The molecular formula is C26H33N3O4. The molecule has 1 aliphatic heterocycles. The Morgan fingerprint density at radius 2 is 1.91 bits per heavy atom. The lowest BCUT2D eigenvalue weighted by Gasteiger charge is -2.41. The zero-order valence-corrected chi connectivity index (χ0v) is 19.4. The molecule has 3 unspecified atom stereocenters. The van der Waals surface area contributed by atoms with E-state index in [2.05, 4.69) is 16.2 Å². The predicted octanol–water partition coefficient (Wildman–Crippen LogP) is 3.03. The number of rotatable bonds is 8. The molecule has 3 atom stereocenters. The van der Waals surface area contributed by atoms with E-state index in [9.17, 15) is 9.59 Å². The van der Waals surface area contributed by atoms with Gasteiger partial charge < -0.3 is 14.8 Å². The number of amides is 2. The molecule has 2 aromatic carbocycles. The van der Waals surface area contributed by atoms with Crippen molar-refractivity contribution in [3.63, 3.8) is 0 Å². The highest BCUT2D eigenvalue weighted by molar-refractivity contribution is 5.94. The maximum absolute atomic E-state index is 12.8. The molecule has 2 aromatic rings. The predicted molar refractivity (Wildman–Crippen MR) is 126 cm³/mol. The van der Waals surface area contributed by atoms with Gasteiger partial charge in [0.05, 0.1) is 14.2 Å². The van der Waals surface area contributed by atoms with Gasteiger partial charge in [-0.25, -0.2) is 5.43 Å². The normalized spacial score (nSPS) is 22.1. The summed E-state index contributed by atoms with van der Waals surface area (Å²) < 4.78 is 10.8. The first kappa shape index (κ1) is 23.1. The van der Waals surface area contributed by atoms with Crippen molar-refractivity contribution in [1.82, 2.24) is 16.2 Å². The largest absolute Gasteiger partial charge is 0.493 e. The van der Waals surface area contributed by atoms with Gasteiger partial charge in [0.15, 0.2) is 11.5 Å². The highest BCUT2D eigenvalue weighted by Crippen LogP contribution is 2.35. The SMILES string of the molecule is COc1cccc(CCNC(=O)c2cccc(CC3NNC(=O)C4CCCCC34)c2)c1OC. The van der Waals surface area contributed by atoms with Crippen LogP contribution in [0.5, 0.6) is 11.5 Å². The summed E-state index contributed by atoms with van der Waals surface area (Å²) in [5.41, 5.74) is 8.80. The third kappa shape index (κ3) is 5.30. The van der Waals surface area contributed by atoms with Crippen LogP contribution in [0.2, 0.25) is 0 Å². The van der Waals surface area contributed by atoms with Gasteiger partial charge in [0.1, 0.15) is 0 Å². The molecule has 1 aliphatic carbocycles. The fraction of sp³-hybridized carbons (Fsp3) is 0.462. The van der Waals surface area contributed by atoms with Crippen molar-refractivity contribution in [3.8, 4) is 11.5 Å². The highest BCUT2D eigenvalue weighted by Gasteiger charge is 2.39. The molecule has 3 N–H and O–H groups in total. The minimum atomic E-state index is -0.0980. The maximum Gasteiger partial charge on any atom is 0.251 e. The van der Waals surface area contributed by atoms with Crippen LogP contribution in [0.3, 0.4) is 0 Å². The second kappa shape index (κ2) is 10.7. The highest BCUT2D eigenvalue weighted by atomic mass is 16.5. The first-order valence-corrected chi connectivity index (χ1v) is 11.7. The lowest BCUT2D eigenvalue weighted by atomic mass is 9.72. The van der Waals surface area contributed by atoms with Crippen LogP contribution in [-0.4, -0.2) is 38.6 Å². The van der Waals surface area contributed by atoms with Crippen LogP contribution in [0.1, 0.15) is 47.2 Å². The molecular weight excluding hydrogens is 418 g/mol. The van der Waals surface area contributed by atoms with Crippen LogP contribution in [0.4, 0.5) is 0 Å². The fourth-order valence-corrected chi connectivity index (χ4v) is 5.19. The summed E-state index contributed by atoms with van der Waals surface area (Å²) >= 11 is 0. The number of para-hydroxylation sites is 1. The van der Waals surface area contributed by atoms with Crippen LogP contribution in [0.15, 0.2) is 42.5 Å². The molecule has 7 nitrogen and oxygen atoms in total. The lowest BCUT2D eigenvalue weighted by Crippen LogP contribution is -2.60. The van der Waals surface area contributed by atoms with Gasteiger partial charge in [-0.2, -0.15) is 0 Å². The van der Waals surface area contributed by atoms with Gasteiger partial charge in [0.2, 0.25) is 5.91 Å². The van der Waals surface area contributed by atoms with Crippen molar-refractivity contribution in [2.45, 2.75) is 44.6 Å². The summed E-state index contributed by atoms with van der Waals surface area (Å²) in [5, 5.41) is 3.01. The molecule has 2 amide bonds. The molecule has 1 heterocycles. The molecule has 0 aromatic heterocycles. The monoisotopic (exact) mass is 451 g/mol. The van der Waals surface area contributed by atoms with E-state index in [0.29, 0.717) is 35.9 Å². The van der Waals surface area contributed by atoms with Crippen molar-refractivity contribution in [2.75, 3.05) is 20.8 Å². The first-order chi connectivity index (χ1) is 16.1. The lowest BCUT2D eigenvalue weighted by molar-refractivity contribution is -0.133. The molecule has 0 radical (unpaired) electrons. The quantitative estimate of drug-likeness (QED) is 0.574. The van der Waals surface area contributed by atoms with Crippen molar-refractivity contribution in [1.29, 1.82) is 0 Å². The average Bonchev–Trinajstić information content (AvgIpc) is 2.85. The second-order valence-electron chi connectivity index (χ2n) is 8.86. The summed E-state index contributed by atoms with van der Waals surface area (Å²) in [7, 11) is 3.23.